The number of benzene rings is 1. The van der Waals surface area contributed by atoms with E-state index in [1.54, 1.807) is 11.8 Å². The normalized spacial score (nSPS) is 19.4. The molecule has 1 saturated heterocycles. The van der Waals surface area contributed by atoms with Gasteiger partial charge in [-0.05, 0) is 22.0 Å². The molecular formula is C10H9BrF2N2OS. The van der Waals surface area contributed by atoms with Gasteiger partial charge in [0.05, 0.1) is 16.2 Å². The van der Waals surface area contributed by atoms with Gasteiger partial charge >= 0.3 is 0 Å². The van der Waals surface area contributed by atoms with Crippen LogP contribution in [0.2, 0.25) is 0 Å². The fourth-order valence-electron chi connectivity index (χ4n) is 1.40. The Morgan fingerprint density at radius 3 is 2.88 bits per heavy atom. The minimum absolute atomic E-state index is 0.0259. The smallest absolute Gasteiger partial charge is 0.242 e. The van der Waals surface area contributed by atoms with E-state index in [4.69, 9.17) is 0 Å². The van der Waals surface area contributed by atoms with Crippen molar-refractivity contribution < 1.29 is 13.6 Å². The zero-order chi connectivity index (χ0) is 12.4. The summed E-state index contributed by atoms with van der Waals surface area (Å²) in [5.41, 5.74) is -0.0259. The molecule has 0 aliphatic carbocycles. The Morgan fingerprint density at radius 1 is 1.47 bits per heavy atom. The van der Waals surface area contributed by atoms with Gasteiger partial charge in [-0.15, -0.1) is 11.8 Å². The number of anilines is 1. The first-order valence-electron chi connectivity index (χ1n) is 4.84. The van der Waals surface area contributed by atoms with E-state index in [2.05, 4.69) is 26.6 Å². The second-order valence-corrected chi connectivity index (χ2v) is 5.39. The first kappa shape index (κ1) is 12.8. The van der Waals surface area contributed by atoms with Gasteiger partial charge in [0.1, 0.15) is 11.6 Å². The largest absolute Gasteiger partial charge is 0.322 e. The van der Waals surface area contributed by atoms with Crippen LogP contribution in [0.1, 0.15) is 0 Å². The molecular weight excluding hydrogens is 314 g/mol. The summed E-state index contributed by atoms with van der Waals surface area (Å²) in [6, 6.07) is 1.62. The lowest BCUT2D eigenvalue weighted by Crippen LogP contribution is -2.37. The van der Waals surface area contributed by atoms with Gasteiger partial charge in [0.2, 0.25) is 5.91 Å². The van der Waals surface area contributed by atoms with Crippen molar-refractivity contribution in [3.8, 4) is 0 Å². The third-order valence-corrected chi connectivity index (χ3v) is 3.85. The highest BCUT2D eigenvalue weighted by Crippen LogP contribution is 2.24. The lowest BCUT2D eigenvalue weighted by molar-refractivity contribution is -0.117. The van der Waals surface area contributed by atoms with Crippen LogP contribution in [0.3, 0.4) is 0 Å². The second-order valence-electron chi connectivity index (χ2n) is 3.51. The first-order valence-corrected chi connectivity index (χ1v) is 6.79. The zero-order valence-electron chi connectivity index (χ0n) is 8.60. The molecule has 0 saturated carbocycles. The lowest BCUT2D eigenvalue weighted by Gasteiger charge is -2.11. The highest BCUT2D eigenvalue weighted by molar-refractivity contribution is 9.10. The summed E-state index contributed by atoms with van der Waals surface area (Å²) in [5, 5.41) is 5.40. The number of rotatable bonds is 2. The average molecular weight is 323 g/mol. The van der Waals surface area contributed by atoms with Crippen LogP contribution in [-0.4, -0.2) is 23.6 Å². The Hall–Kier alpha value is -0.660. The van der Waals surface area contributed by atoms with Crippen molar-refractivity contribution in [3.05, 3.63) is 28.2 Å². The molecule has 2 rings (SSSR count). The summed E-state index contributed by atoms with van der Waals surface area (Å²) >= 11 is 4.54. The zero-order valence-corrected chi connectivity index (χ0v) is 11.0. The Kier molecular flexibility index (Phi) is 4.01. The van der Waals surface area contributed by atoms with E-state index in [-0.39, 0.29) is 22.1 Å². The van der Waals surface area contributed by atoms with Gasteiger partial charge in [0, 0.05) is 17.7 Å². The summed E-state index contributed by atoms with van der Waals surface area (Å²) in [6.45, 7) is 0. The molecule has 1 amide bonds. The Morgan fingerprint density at radius 2 is 2.24 bits per heavy atom. The van der Waals surface area contributed by atoms with Crippen LogP contribution in [0.15, 0.2) is 16.6 Å². The van der Waals surface area contributed by atoms with Crippen molar-refractivity contribution >= 4 is 39.3 Å². The van der Waals surface area contributed by atoms with Gasteiger partial charge in [-0.1, -0.05) is 0 Å². The molecule has 3 nitrogen and oxygen atoms in total. The van der Waals surface area contributed by atoms with Gasteiger partial charge in [0.25, 0.3) is 0 Å². The SMILES string of the molecule is O=C(Nc1cc(Br)c(F)cc1F)C1CSCN1. The minimum atomic E-state index is -0.787. The number of nitrogens with one attached hydrogen (secondary N) is 2. The molecule has 0 bridgehead atoms. The summed E-state index contributed by atoms with van der Waals surface area (Å²) in [7, 11) is 0. The van der Waals surface area contributed by atoms with Crippen molar-refractivity contribution in [2.75, 3.05) is 16.9 Å². The number of carbonyl (C=O) groups is 1. The molecule has 1 unspecified atom stereocenters. The summed E-state index contributed by atoms with van der Waals surface area (Å²) < 4.78 is 26.5. The average Bonchev–Trinajstić information content (AvgIpc) is 2.79. The van der Waals surface area contributed by atoms with Gasteiger partial charge in [0.15, 0.2) is 0 Å². The molecule has 1 atom stereocenters. The highest BCUT2D eigenvalue weighted by atomic mass is 79.9. The molecule has 1 aromatic rings. The summed E-state index contributed by atoms with van der Waals surface area (Å²) in [4.78, 5) is 11.7. The fourth-order valence-corrected chi connectivity index (χ4v) is 2.69. The molecule has 1 fully saturated rings. The minimum Gasteiger partial charge on any atom is -0.322 e. The summed E-state index contributed by atoms with van der Waals surface area (Å²) in [6.07, 6.45) is 0. The number of halogens is 3. The third kappa shape index (κ3) is 2.97. The second kappa shape index (κ2) is 5.32. The maximum atomic E-state index is 13.4. The molecule has 7 heteroatoms. The van der Waals surface area contributed by atoms with E-state index < -0.39 is 11.6 Å². The highest BCUT2D eigenvalue weighted by Gasteiger charge is 2.23. The molecule has 0 aromatic heterocycles. The van der Waals surface area contributed by atoms with Crippen molar-refractivity contribution in [2.45, 2.75) is 6.04 Å². The van der Waals surface area contributed by atoms with Crippen LogP contribution in [0, 0.1) is 11.6 Å². The monoisotopic (exact) mass is 322 g/mol. The van der Waals surface area contributed by atoms with Crippen LogP contribution in [-0.2, 0) is 4.79 Å². The predicted molar refractivity (Wildman–Crippen MR) is 66.9 cm³/mol. The molecule has 1 heterocycles. The number of thioether (sulfide) groups is 1. The van der Waals surface area contributed by atoms with Crippen molar-refractivity contribution in [1.29, 1.82) is 0 Å². The number of hydrogen-bond acceptors (Lipinski definition) is 3. The lowest BCUT2D eigenvalue weighted by atomic mass is 10.2. The number of carbonyl (C=O) groups excluding carboxylic acids is 1. The molecule has 92 valence electrons. The van der Waals surface area contributed by atoms with Crippen LogP contribution >= 0.6 is 27.7 Å². The van der Waals surface area contributed by atoms with Crippen LogP contribution in [0.25, 0.3) is 0 Å². The molecule has 17 heavy (non-hydrogen) atoms. The Labute approximate surface area is 109 Å². The third-order valence-electron chi connectivity index (χ3n) is 2.30. The topological polar surface area (TPSA) is 41.1 Å². The molecule has 0 radical (unpaired) electrons. The van der Waals surface area contributed by atoms with E-state index in [0.717, 1.165) is 6.07 Å². The van der Waals surface area contributed by atoms with Gasteiger partial charge < -0.3 is 5.32 Å². The number of amides is 1. The standard InChI is InChI=1S/C10H9BrF2N2OS/c11-5-1-8(7(13)2-6(5)12)15-10(16)9-3-17-4-14-9/h1-2,9,14H,3-4H2,(H,15,16). The summed E-state index contributed by atoms with van der Waals surface area (Å²) in [5.74, 6) is -0.448. The van der Waals surface area contributed by atoms with Crippen LogP contribution in [0.4, 0.5) is 14.5 Å². The van der Waals surface area contributed by atoms with Crippen molar-refractivity contribution in [3.63, 3.8) is 0 Å². The van der Waals surface area contributed by atoms with E-state index in [1.165, 1.54) is 6.07 Å². The van der Waals surface area contributed by atoms with E-state index >= 15 is 0 Å². The Bertz CT molecular complexity index is 452. The van der Waals surface area contributed by atoms with E-state index in [0.29, 0.717) is 11.6 Å². The van der Waals surface area contributed by atoms with E-state index in [1.807, 2.05) is 0 Å². The maximum Gasteiger partial charge on any atom is 0.242 e. The van der Waals surface area contributed by atoms with Crippen LogP contribution in [0.5, 0.6) is 0 Å². The van der Waals surface area contributed by atoms with Crippen molar-refractivity contribution in [2.24, 2.45) is 0 Å². The van der Waals surface area contributed by atoms with E-state index in [9.17, 15) is 13.6 Å². The van der Waals surface area contributed by atoms with Gasteiger partial charge in [-0.3, -0.25) is 10.1 Å². The number of hydrogen-bond donors (Lipinski definition) is 2. The Balaban J connectivity index is 2.12. The fraction of sp³-hybridized carbons (Fsp3) is 0.300. The quantitative estimate of drug-likeness (QED) is 0.821. The molecule has 1 aliphatic heterocycles. The molecule has 1 aromatic carbocycles. The van der Waals surface area contributed by atoms with Gasteiger partial charge in [-0.2, -0.15) is 0 Å². The molecule has 2 N–H and O–H groups in total. The van der Waals surface area contributed by atoms with Crippen molar-refractivity contribution in [1.82, 2.24) is 5.32 Å². The molecule has 0 spiro atoms. The predicted octanol–water partition coefficient (Wildman–Crippen LogP) is 2.33. The molecule has 1 aliphatic rings. The van der Waals surface area contributed by atoms with Gasteiger partial charge in [-0.25, -0.2) is 8.78 Å². The maximum absolute atomic E-state index is 13.4. The first-order chi connectivity index (χ1) is 8.08. The van der Waals surface area contributed by atoms with Crippen LogP contribution < -0.4 is 10.6 Å².